The molecule has 0 heterocycles. The van der Waals surface area contributed by atoms with Crippen molar-refractivity contribution in [3.05, 3.63) is 34.4 Å². The molecule has 2 rings (SSSR count). The lowest BCUT2D eigenvalue weighted by Crippen LogP contribution is -2.42. The predicted octanol–water partition coefficient (Wildman–Crippen LogP) is 3.00. The van der Waals surface area contributed by atoms with Crippen LogP contribution >= 0.6 is 11.6 Å². The van der Waals surface area contributed by atoms with E-state index in [-0.39, 0.29) is 10.4 Å². The fourth-order valence-electron chi connectivity index (χ4n) is 2.13. The molecule has 0 aromatic heterocycles. The van der Waals surface area contributed by atoms with Crippen molar-refractivity contribution in [1.82, 2.24) is 0 Å². The van der Waals surface area contributed by atoms with E-state index >= 15 is 0 Å². The van der Waals surface area contributed by atoms with Gasteiger partial charge in [-0.1, -0.05) is 18.0 Å². The first-order chi connectivity index (χ1) is 7.09. The van der Waals surface area contributed by atoms with Gasteiger partial charge in [-0.3, -0.25) is 0 Å². The Morgan fingerprint density at radius 3 is 2.47 bits per heavy atom. The van der Waals surface area contributed by atoms with Crippen LogP contribution in [0.15, 0.2) is 12.1 Å². The van der Waals surface area contributed by atoms with Gasteiger partial charge in [-0.15, -0.1) is 0 Å². The van der Waals surface area contributed by atoms with Crippen molar-refractivity contribution in [2.45, 2.75) is 24.7 Å². The summed E-state index contributed by atoms with van der Waals surface area (Å²) in [5.41, 5.74) is 5.88. The molecule has 0 spiro atoms. The van der Waals surface area contributed by atoms with Gasteiger partial charge in [0.25, 0.3) is 0 Å². The van der Waals surface area contributed by atoms with Gasteiger partial charge < -0.3 is 5.73 Å². The van der Waals surface area contributed by atoms with E-state index in [1.165, 1.54) is 6.07 Å². The van der Waals surface area contributed by atoms with Gasteiger partial charge in [0.2, 0.25) is 0 Å². The van der Waals surface area contributed by atoms with Crippen molar-refractivity contribution >= 4 is 11.6 Å². The summed E-state index contributed by atoms with van der Waals surface area (Å²) >= 11 is 5.84. The molecule has 1 nitrogen and oxygen atoms in total. The van der Waals surface area contributed by atoms with Crippen LogP contribution in [0.25, 0.3) is 0 Å². The van der Waals surface area contributed by atoms with E-state index in [1.54, 1.807) is 0 Å². The monoisotopic (exact) mass is 231 g/mol. The van der Waals surface area contributed by atoms with E-state index in [1.807, 2.05) is 0 Å². The lowest BCUT2D eigenvalue weighted by Gasteiger charge is -2.42. The summed E-state index contributed by atoms with van der Waals surface area (Å²) in [7, 11) is 0. The molecule has 2 N–H and O–H groups in total. The second kappa shape index (κ2) is 3.72. The topological polar surface area (TPSA) is 26.0 Å². The Morgan fingerprint density at radius 2 is 2.00 bits per heavy atom. The summed E-state index contributed by atoms with van der Waals surface area (Å²) in [6.07, 6.45) is 2.74. The highest BCUT2D eigenvalue weighted by Crippen LogP contribution is 2.46. The lowest BCUT2D eigenvalue weighted by atomic mass is 9.64. The van der Waals surface area contributed by atoms with Crippen molar-refractivity contribution < 1.29 is 8.78 Å². The quantitative estimate of drug-likeness (QED) is 0.778. The smallest absolute Gasteiger partial charge is 0.145 e. The molecule has 0 atom stereocenters. The molecular weight excluding hydrogens is 220 g/mol. The molecule has 0 bridgehead atoms. The highest BCUT2D eigenvalue weighted by Gasteiger charge is 2.39. The summed E-state index contributed by atoms with van der Waals surface area (Å²) in [6.45, 7) is 0.385. The Kier molecular flexibility index (Phi) is 2.69. The maximum Gasteiger partial charge on any atom is 0.145 e. The van der Waals surface area contributed by atoms with Crippen LogP contribution in [0.4, 0.5) is 8.78 Å². The van der Waals surface area contributed by atoms with E-state index in [9.17, 15) is 8.78 Å². The normalized spacial score (nSPS) is 18.7. The Hall–Kier alpha value is -0.670. The third-order valence-corrected chi connectivity index (χ3v) is 3.65. The molecule has 0 aliphatic heterocycles. The van der Waals surface area contributed by atoms with Gasteiger partial charge in [0.1, 0.15) is 11.6 Å². The van der Waals surface area contributed by atoms with E-state index < -0.39 is 11.6 Å². The fourth-order valence-corrected chi connectivity index (χ4v) is 2.44. The average molecular weight is 232 g/mol. The zero-order valence-corrected chi connectivity index (χ0v) is 8.95. The van der Waals surface area contributed by atoms with Crippen molar-refractivity contribution in [1.29, 1.82) is 0 Å². The van der Waals surface area contributed by atoms with Gasteiger partial charge in [0, 0.05) is 18.0 Å². The van der Waals surface area contributed by atoms with Crippen LogP contribution in [0.5, 0.6) is 0 Å². The number of nitrogens with two attached hydrogens (primary N) is 1. The maximum atomic E-state index is 13.3. The van der Waals surface area contributed by atoms with Gasteiger partial charge in [-0.25, -0.2) is 8.78 Å². The molecule has 1 aromatic rings. The molecule has 1 aliphatic rings. The average Bonchev–Trinajstić information content (AvgIpc) is 2.12. The standard InChI is InChI=1S/C11H12ClF2N/c12-10-8(4-7(13)5-9(10)14)11(6-15)2-1-3-11/h4-5H,1-3,6,15H2. The highest BCUT2D eigenvalue weighted by molar-refractivity contribution is 6.31. The Labute approximate surface area is 92.2 Å². The highest BCUT2D eigenvalue weighted by atomic mass is 35.5. The number of hydrogen-bond donors (Lipinski definition) is 1. The summed E-state index contributed by atoms with van der Waals surface area (Å²) in [5, 5.41) is 0.0153. The van der Waals surface area contributed by atoms with Gasteiger partial charge in [-0.2, -0.15) is 0 Å². The van der Waals surface area contributed by atoms with Gasteiger partial charge >= 0.3 is 0 Å². The Balaban J connectivity index is 2.51. The van der Waals surface area contributed by atoms with Gasteiger partial charge in [-0.05, 0) is 24.5 Å². The minimum atomic E-state index is -0.702. The first-order valence-electron chi connectivity index (χ1n) is 4.94. The van der Waals surface area contributed by atoms with Crippen molar-refractivity contribution in [3.63, 3.8) is 0 Å². The number of hydrogen-bond acceptors (Lipinski definition) is 1. The second-order valence-corrected chi connectivity index (χ2v) is 4.47. The summed E-state index contributed by atoms with van der Waals surface area (Å²) in [5.74, 6) is -1.29. The van der Waals surface area contributed by atoms with E-state index in [2.05, 4.69) is 0 Å². The predicted molar refractivity (Wildman–Crippen MR) is 56.0 cm³/mol. The molecule has 82 valence electrons. The third kappa shape index (κ3) is 1.64. The number of halogens is 3. The molecule has 0 saturated heterocycles. The molecule has 0 unspecified atom stereocenters. The summed E-state index contributed by atoms with van der Waals surface area (Å²) in [4.78, 5) is 0. The zero-order valence-electron chi connectivity index (χ0n) is 8.19. The third-order valence-electron chi connectivity index (χ3n) is 3.27. The SMILES string of the molecule is NCC1(c2cc(F)cc(F)c2Cl)CCC1. The fraction of sp³-hybridized carbons (Fsp3) is 0.455. The van der Waals surface area contributed by atoms with Crippen LogP contribution in [0.2, 0.25) is 5.02 Å². The molecule has 1 aliphatic carbocycles. The summed E-state index contributed by atoms with van der Waals surface area (Å²) < 4.78 is 26.4. The van der Waals surface area contributed by atoms with E-state index in [4.69, 9.17) is 17.3 Å². The van der Waals surface area contributed by atoms with Gasteiger partial charge in [0.15, 0.2) is 0 Å². The molecule has 4 heteroatoms. The largest absolute Gasteiger partial charge is 0.330 e. The molecule has 1 aromatic carbocycles. The summed E-state index contributed by atoms with van der Waals surface area (Å²) in [6, 6.07) is 2.10. The van der Waals surface area contributed by atoms with Gasteiger partial charge in [0.05, 0.1) is 5.02 Å². The molecule has 0 radical (unpaired) electrons. The number of benzene rings is 1. The molecule has 15 heavy (non-hydrogen) atoms. The van der Waals surface area contributed by atoms with Crippen LogP contribution in [0, 0.1) is 11.6 Å². The first kappa shape index (κ1) is 10.8. The second-order valence-electron chi connectivity index (χ2n) is 4.09. The minimum Gasteiger partial charge on any atom is -0.330 e. The molecule has 1 saturated carbocycles. The van der Waals surface area contributed by atoms with E-state index in [0.29, 0.717) is 12.1 Å². The Morgan fingerprint density at radius 1 is 1.33 bits per heavy atom. The van der Waals surface area contributed by atoms with Crippen LogP contribution in [-0.4, -0.2) is 6.54 Å². The van der Waals surface area contributed by atoms with Crippen molar-refractivity contribution in [2.75, 3.05) is 6.54 Å². The van der Waals surface area contributed by atoms with Crippen LogP contribution in [0.3, 0.4) is 0 Å². The van der Waals surface area contributed by atoms with Crippen LogP contribution in [0.1, 0.15) is 24.8 Å². The Bertz CT molecular complexity index is 383. The minimum absolute atomic E-state index is 0.0153. The molecule has 1 fully saturated rings. The number of rotatable bonds is 2. The van der Waals surface area contributed by atoms with Crippen molar-refractivity contribution in [2.24, 2.45) is 5.73 Å². The van der Waals surface area contributed by atoms with Crippen LogP contribution < -0.4 is 5.73 Å². The molecular formula is C11H12ClF2N. The van der Waals surface area contributed by atoms with Crippen molar-refractivity contribution in [3.8, 4) is 0 Å². The first-order valence-corrected chi connectivity index (χ1v) is 5.32. The van der Waals surface area contributed by atoms with Crippen LogP contribution in [-0.2, 0) is 5.41 Å². The van der Waals surface area contributed by atoms with E-state index in [0.717, 1.165) is 25.3 Å². The molecule has 0 amide bonds. The zero-order chi connectivity index (χ0) is 11.1. The maximum absolute atomic E-state index is 13.3. The lowest BCUT2D eigenvalue weighted by molar-refractivity contribution is 0.251.